The lowest BCUT2D eigenvalue weighted by atomic mass is 10.3. The molecule has 88 valence electrons. The Hall–Kier alpha value is -2.34. The first kappa shape index (κ1) is 10.8. The number of nitrogens with one attached hydrogen (secondary N) is 1. The molecule has 5 nitrogen and oxygen atoms in total. The van der Waals surface area contributed by atoms with Crippen molar-refractivity contribution in [2.75, 3.05) is 5.32 Å². The standard InChI is InChI=1S/C12H8N4OS/c17-11(16-12-13-5-6-18-12)10-7-14-8-3-1-2-4-9(8)15-10/h1-7H,(H,13,16,17). The Morgan fingerprint density at radius 3 is 2.78 bits per heavy atom. The molecule has 0 saturated carbocycles. The van der Waals surface area contributed by atoms with Gasteiger partial charge in [-0.05, 0) is 12.1 Å². The van der Waals surface area contributed by atoms with Crippen LogP contribution in [-0.2, 0) is 0 Å². The number of hydrogen-bond donors (Lipinski definition) is 1. The van der Waals surface area contributed by atoms with E-state index >= 15 is 0 Å². The maximum Gasteiger partial charge on any atom is 0.277 e. The highest BCUT2D eigenvalue weighted by atomic mass is 32.1. The molecule has 1 N–H and O–H groups in total. The third-order valence-corrected chi connectivity index (χ3v) is 3.02. The Bertz CT molecular complexity index is 696. The number of amides is 1. The normalized spacial score (nSPS) is 10.4. The van der Waals surface area contributed by atoms with Crippen LogP contribution in [0.4, 0.5) is 5.13 Å². The second-order valence-corrected chi connectivity index (χ2v) is 4.43. The molecule has 0 aliphatic heterocycles. The maximum absolute atomic E-state index is 11.9. The molecule has 0 fully saturated rings. The summed E-state index contributed by atoms with van der Waals surface area (Å²) in [6.07, 6.45) is 3.09. The summed E-state index contributed by atoms with van der Waals surface area (Å²) in [6.45, 7) is 0. The number of fused-ring (bicyclic) bond motifs is 1. The number of para-hydroxylation sites is 2. The van der Waals surface area contributed by atoms with Gasteiger partial charge < -0.3 is 0 Å². The highest BCUT2D eigenvalue weighted by Crippen LogP contribution is 2.13. The molecule has 0 spiro atoms. The van der Waals surface area contributed by atoms with Gasteiger partial charge in [0.15, 0.2) is 5.13 Å². The first-order valence-electron chi connectivity index (χ1n) is 5.25. The summed E-state index contributed by atoms with van der Waals surface area (Å²) >= 11 is 1.36. The molecule has 0 unspecified atom stereocenters. The van der Waals surface area contributed by atoms with Crippen molar-refractivity contribution in [1.29, 1.82) is 0 Å². The van der Waals surface area contributed by atoms with Crippen LogP contribution < -0.4 is 5.32 Å². The molecule has 0 saturated heterocycles. The molecular formula is C12H8N4OS. The fourth-order valence-electron chi connectivity index (χ4n) is 1.51. The van der Waals surface area contributed by atoms with Crippen LogP contribution >= 0.6 is 11.3 Å². The average molecular weight is 256 g/mol. The highest BCUT2D eigenvalue weighted by molar-refractivity contribution is 7.13. The largest absolute Gasteiger partial charge is 0.296 e. The van der Waals surface area contributed by atoms with E-state index in [1.165, 1.54) is 17.5 Å². The topological polar surface area (TPSA) is 67.8 Å². The fraction of sp³-hybridized carbons (Fsp3) is 0. The molecule has 18 heavy (non-hydrogen) atoms. The number of benzene rings is 1. The van der Waals surface area contributed by atoms with Gasteiger partial charge in [-0.15, -0.1) is 11.3 Å². The van der Waals surface area contributed by atoms with Crippen molar-refractivity contribution in [1.82, 2.24) is 15.0 Å². The van der Waals surface area contributed by atoms with E-state index in [-0.39, 0.29) is 11.6 Å². The van der Waals surface area contributed by atoms with Crippen molar-refractivity contribution < 1.29 is 4.79 Å². The SMILES string of the molecule is O=C(Nc1nccs1)c1cnc2ccccc2n1. The number of anilines is 1. The van der Waals surface area contributed by atoms with Crippen LogP contribution in [0.1, 0.15) is 10.5 Å². The zero-order valence-corrected chi connectivity index (χ0v) is 10.0. The number of hydrogen-bond acceptors (Lipinski definition) is 5. The van der Waals surface area contributed by atoms with Gasteiger partial charge in [0.1, 0.15) is 5.69 Å². The minimum Gasteiger partial charge on any atom is -0.296 e. The predicted molar refractivity (Wildman–Crippen MR) is 69.6 cm³/mol. The van der Waals surface area contributed by atoms with Crippen molar-refractivity contribution in [3.05, 3.63) is 47.7 Å². The van der Waals surface area contributed by atoms with Gasteiger partial charge in [-0.2, -0.15) is 0 Å². The van der Waals surface area contributed by atoms with Crippen molar-refractivity contribution in [2.45, 2.75) is 0 Å². The van der Waals surface area contributed by atoms with Crippen LogP contribution in [0.2, 0.25) is 0 Å². The van der Waals surface area contributed by atoms with Crippen LogP contribution in [0.5, 0.6) is 0 Å². The molecule has 2 heterocycles. The lowest BCUT2D eigenvalue weighted by Crippen LogP contribution is -2.13. The molecule has 0 aliphatic carbocycles. The summed E-state index contributed by atoms with van der Waals surface area (Å²) < 4.78 is 0. The summed E-state index contributed by atoms with van der Waals surface area (Å²) in [6, 6.07) is 7.42. The van der Waals surface area contributed by atoms with E-state index < -0.39 is 0 Å². The van der Waals surface area contributed by atoms with Crippen LogP contribution in [-0.4, -0.2) is 20.9 Å². The minimum atomic E-state index is -0.303. The average Bonchev–Trinajstić information content (AvgIpc) is 2.91. The van der Waals surface area contributed by atoms with Gasteiger partial charge in [0.05, 0.1) is 17.2 Å². The van der Waals surface area contributed by atoms with Gasteiger partial charge in [-0.3, -0.25) is 15.1 Å². The molecule has 3 aromatic rings. The lowest BCUT2D eigenvalue weighted by Gasteiger charge is -2.02. The zero-order chi connectivity index (χ0) is 12.4. The fourth-order valence-corrected chi connectivity index (χ4v) is 2.04. The summed E-state index contributed by atoms with van der Waals surface area (Å²) in [4.78, 5) is 24.3. The van der Waals surface area contributed by atoms with E-state index in [1.54, 1.807) is 11.6 Å². The van der Waals surface area contributed by atoms with Gasteiger partial charge in [0.2, 0.25) is 0 Å². The third-order valence-electron chi connectivity index (χ3n) is 2.33. The summed E-state index contributed by atoms with van der Waals surface area (Å²) in [7, 11) is 0. The van der Waals surface area contributed by atoms with E-state index in [2.05, 4.69) is 20.3 Å². The number of rotatable bonds is 2. The van der Waals surface area contributed by atoms with Crippen LogP contribution in [0, 0.1) is 0 Å². The van der Waals surface area contributed by atoms with Crippen molar-refractivity contribution in [3.63, 3.8) is 0 Å². The number of carbonyl (C=O) groups is 1. The molecule has 1 amide bonds. The van der Waals surface area contributed by atoms with E-state index in [0.29, 0.717) is 10.6 Å². The van der Waals surface area contributed by atoms with Gasteiger partial charge in [-0.25, -0.2) is 9.97 Å². The first-order valence-corrected chi connectivity index (χ1v) is 6.13. The Balaban J connectivity index is 1.92. The van der Waals surface area contributed by atoms with Gasteiger partial charge in [-0.1, -0.05) is 12.1 Å². The lowest BCUT2D eigenvalue weighted by molar-refractivity contribution is 0.102. The van der Waals surface area contributed by atoms with Gasteiger partial charge >= 0.3 is 0 Å². The molecule has 0 bridgehead atoms. The number of aromatic nitrogens is 3. The second kappa shape index (κ2) is 4.50. The van der Waals surface area contributed by atoms with Crippen molar-refractivity contribution >= 4 is 33.4 Å². The van der Waals surface area contributed by atoms with Gasteiger partial charge in [0.25, 0.3) is 5.91 Å². The number of carbonyl (C=O) groups excluding carboxylic acids is 1. The van der Waals surface area contributed by atoms with Gasteiger partial charge in [0, 0.05) is 11.6 Å². The molecule has 2 aromatic heterocycles. The molecule has 1 aromatic carbocycles. The third kappa shape index (κ3) is 2.05. The van der Waals surface area contributed by atoms with Crippen LogP contribution in [0.15, 0.2) is 42.0 Å². The number of nitrogens with zero attached hydrogens (tertiary/aromatic N) is 3. The maximum atomic E-state index is 11.9. The molecule has 0 radical (unpaired) electrons. The molecule has 3 rings (SSSR count). The van der Waals surface area contributed by atoms with E-state index in [0.717, 1.165) is 5.52 Å². The summed E-state index contributed by atoms with van der Waals surface area (Å²) in [5.41, 5.74) is 1.75. The predicted octanol–water partition coefficient (Wildman–Crippen LogP) is 2.34. The Kier molecular flexibility index (Phi) is 2.70. The summed E-state index contributed by atoms with van der Waals surface area (Å²) in [5, 5.41) is 5.01. The Labute approximate surface area is 107 Å². The first-order chi connectivity index (χ1) is 8.83. The van der Waals surface area contributed by atoms with Crippen LogP contribution in [0.25, 0.3) is 11.0 Å². The van der Waals surface area contributed by atoms with Crippen LogP contribution in [0.3, 0.4) is 0 Å². The Morgan fingerprint density at radius 2 is 2.00 bits per heavy atom. The summed E-state index contributed by atoms with van der Waals surface area (Å²) in [5.74, 6) is -0.303. The second-order valence-electron chi connectivity index (χ2n) is 3.54. The van der Waals surface area contributed by atoms with Crippen molar-refractivity contribution in [3.8, 4) is 0 Å². The molecule has 0 atom stereocenters. The zero-order valence-electron chi connectivity index (χ0n) is 9.20. The van der Waals surface area contributed by atoms with E-state index in [1.807, 2.05) is 24.3 Å². The highest BCUT2D eigenvalue weighted by Gasteiger charge is 2.10. The van der Waals surface area contributed by atoms with E-state index in [9.17, 15) is 4.79 Å². The molecular weight excluding hydrogens is 248 g/mol. The smallest absolute Gasteiger partial charge is 0.277 e. The monoisotopic (exact) mass is 256 g/mol. The molecule has 0 aliphatic rings. The number of thiazole rings is 1. The Morgan fingerprint density at radius 1 is 1.17 bits per heavy atom. The molecule has 6 heteroatoms. The van der Waals surface area contributed by atoms with Crippen molar-refractivity contribution in [2.24, 2.45) is 0 Å². The van der Waals surface area contributed by atoms with E-state index in [4.69, 9.17) is 0 Å². The quantitative estimate of drug-likeness (QED) is 0.764. The minimum absolute atomic E-state index is 0.281.